The molecule has 0 aliphatic carbocycles. The van der Waals surface area contributed by atoms with Crippen LogP contribution in [0, 0.1) is 5.92 Å². The van der Waals surface area contributed by atoms with Crippen LogP contribution in [-0.2, 0) is 4.74 Å². The molecular formula is C16H37NO. The van der Waals surface area contributed by atoms with Crippen molar-refractivity contribution in [3.8, 4) is 0 Å². The lowest BCUT2D eigenvalue weighted by Crippen LogP contribution is -2.17. The lowest BCUT2D eigenvalue weighted by atomic mass is 10.1. The standard InChI is InChI=1S/C16H35NO.H2/c1-4-5-6-7-12-17-13-8-9-14-18-15-10-11-16(2)3;/h16-17H,4-15H2,1-3H3;1H. The Hall–Kier alpha value is -0.0800. The average molecular weight is 259 g/mol. The molecule has 2 nitrogen and oxygen atoms in total. The van der Waals surface area contributed by atoms with Gasteiger partial charge in [0.05, 0.1) is 0 Å². The first-order valence-electron chi connectivity index (χ1n) is 8.05. The second-order valence-electron chi connectivity index (χ2n) is 5.67. The first-order valence-corrected chi connectivity index (χ1v) is 8.05. The normalized spacial score (nSPS) is 11.3. The fourth-order valence-electron chi connectivity index (χ4n) is 1.95. The Morgan fingerprint density at radius 2 is 1.56 bits per heavy atom. The van der Waals surface area contributed by atoms with Crippen molar-refractivity contribution in [3.05, 3.63) is 0 Å². The van der Waals surface area contributed by atoms with Crippen LogP contribution in [0.5, 0.6) is 0 Å². The zero-order valence-electron chi connectivity index (χ0n) is 13.0. The van der Waals surface area contributed by atoms with E-state index >= 15 is 0 Å². The first-order chi connectivity index (χ1) is 8.77. The van der Waals surface area contributed by atoms with E-state index in [9.17, 15) is 0 Å². The number of hydrogen-bond acceptors (Lipinski definition) is 2. The second-order valence-corrected chi connectivity index (χ2v) is 5.67. The average Bonchev–Trinajstić information content (AvgIpc) is 2.34. The van der Waals surface area contributed by atoms with Gasteiger partial charge in [-0.25, -0.2) is 0 Å². The summed E-state index contributed by atoms with van der Waals surface area (Å²) in [4.78, 5) is 0. The Bertz CT molecular complexity index is 154. The Balaban J connectivity index is 0. The molecule has 0 saturated heterocycles. The maximum absolute atomic E-state index is 5.62. The molecule has 112 valence electrons. The van der Waals surface area contributed by atoms with E-state index in [1.54, 1.807) is 0 Å². The molecule has 0 aromatic carbocycles. The molecule has 0 unspecified atom stereocenters. The fourth-order valence-corrected chi connectivity index (χ4v) is 1.95. The molecule has 1 N–H and O–H groups in total. The Labute approximate surface area is 116 Å². The Morgan fingerprint density at radius 1 is 0.889 bits per heavy atom. The molecule has 0 atom stereocenters. The van der Waals surface area contributed by atoms with Gasteiger partial charge in [0, 0.05) is 14.6 Å². The summed E-state index contributed by atoms with van der Waals surface area (Å²) in [5, 5.41) is 3.51. The molecule has 18 heavy (non-hydrogen) atoms. The maximum atomic E-state index is 5.62. The maximum Gasteiger partial charge on any atom is 0.0466 e. The topological polar surface area (TPSA) is 21.3 Å². The number of ether oxygens (including phenoxy) is 1. The van der Waals surface area contributed by atoms with Gasteiger partial charge in [0.1, 0.15) is 0 Å². The van der Waals surface area contributed by atoms with E-state index in [0.29, 0.717) is 0 Å². The second kappa shape index (κ2) is 15.0. The van der Waals surface area contributed by atoms with Crippen LogP contribution in [0.1, 0.15) is 73.6 Å². The number of unbranched alkanes of at least 4 members (excludes halogenated alkanes) is 4. The van der Waals surface area contributed by atoms with E-state index in [2.05, 4.69) is 26.1 Å². The van der Waals surface area contributed by atoms with E-state index in [-0.39, 0.29) is 1.43 Å². The molecule has 0 aliphatic heterocycles. The van der Waals surface area contributed by atoms with Crippen LogP contribution >= 0.6 is 0 Å². The van der Waals surface area contributed by atoms with Gasteiger partial charge < -0.3 is 10.1 Å². The molecule has 0 spiro atoms. The van der Waals surface area contributed by atoms with Crippen molar-refractivity contribution in [2.24, 2.45) is 5.92 Å². The third kappa shape index (κ3) is 15.9. The predicted octanol–water partition coefficient (Wildman–Crippen LogP) is 4.64. The summed E-state index contributed by atoms with van der Waals surface area (Å²) in [6.45, 7) is 11.0. The number of nitrogens with one attached hydrogen (secondary N) is 1. The summed E-state index contributed by atoms with van der Waals surface area (Å²) >= 11 is 0. The van der Waals surface area contributed by atoms with Gasteiger partial charge >= 0.3 is 0 Å². The number of rotatable bonds is 14. The van der Waals surface area contributed by atoms with Crippen LogP contribution in [-0.4, -0.2) is 26.3 Å². The summed E-state index contributed by atoms with van der Waals surface area (Å²) in [6, 6.07) is 0. The van der Waals surface area contributed by atoms with E-state index in [4.69, 9.17) is 4.74 Å². The molecule has 0 aliphatic rings. The van der Waals surface area contributed by atoms with Crippen molar-refractivity contribution in [2.45, 2.75) is 72.1 Å². The highest BCUT2D eigenvalue weighted by molar-refractivity contribution is 4.50. The molecule has 0 aromatic heterocycles. The van der Waals surface area contributed by atoms with Crippen molar-refractivity contribution >= 4 is 0 Å². The summed E-state index contributed by atoms with van der Waals surface area (Å²) in [7, 11) is 0. The summed E-state index contributed by atoms with van der Waals surface area (Å²) in [5.74, 6) is 0.811. The van der Waals surface area contributed by atoms with Crippen LogP contribution < -0.4 is 5.32 Å². The van der Waals surface area contributed by atoms with Crippen molar-refractivity contribution in [2.75, 3.05) is 26.3 Å². The molecule has 0 amide bonds. The molecule has 0 heterocycles. The van der Waals surface area contributed by atoms with Gasteiger partial charge in [-0.1, -0.05) is 40.0 Å². The highest BCUT2D eigenvalue weighted by Crippen LogP contribution is 2.03. The monoisotopic (exact) mass is 259 g/mol. The molecule has 0 fully saturated rings. The van der Waals surface area contributed by atoms with Crippen LogP contribution in [0.25, 0.3) is 0 Å². The zero-order chi connectivity index (χ0) is 13.5. The summed E-state index contributed by atoms with van der Waals surface area (Å²) in [6.07, 6.45) is 10.4. The molecule has 0 radical (unpaired) electrons. The van der Waals surface area contributed by atoms with E-state index in [1.165, 1.54) is 57.9 Å². The first kappa shape index (κ1) is 17.9. The van der Waals surface area contributed by atoms with Gasteiger partial charge in [0.25, 0.3) is 0 Å². The van der Waals surface area contributed by atoms with Gasteiger partial charge in [-0.05, 0) is 51.1 Å². The van der Waals surface area contributed by atoms with Crippen molar-refractivity contribution < 1.29 is 6.16 Å². The SMILES string of the molecule is CCCCCCNCCCCOCCCC(C)C.[HH]. The number of hydrogen-bond donors (Lipinski definition) is 1. The third-order valence-corrected chi connectivity index (χ3v) is 3.17. The molecule has 0 saturated carbocycles. The lowest BCUT2D eigenvalue weighted by Gasteiger charge is -2.07. The van der Waals surface area contributed by atoms with Crippen LogP contribution in [0.4, 0.5) is 0 Å². The van der Waals surface area contributed by atoms with Crippen LogP contribution in [0.2, 0.25) is 0 Å². The highest BCUT2D eigenvalue weighted by Gasteiger charge is 1.94. The minimum Gasteiger partial charge on any atom is -0.381 e. The Morgan fingerprint density at radius 3 is 2.22 bits per heavy atom. The van der Waals surface area contributed by atoms with Crippen molar-refractivity contribution in [1.82, 2.24) is 5.32 Å². The van der Waals surface area contributed by atoms with E-state index < -0.39 is 0 Å². The smallest absolute Gasteiger partial charge is 0.0466 e. The quantitative estimate of drug-likeness (QED) is 0.459. The van der Waals surface area contributed by atoms with Gasteiger partial charge in [-0.2, -0.15) is 0 Å². The van der Waals surface area contributed by atoms with Crippen molar-refractivity contribution in [1.29, 1.82) is 0 Å². The predicted molar refractivity (Wildman–Crippen MR) is 83.3 cm³/mol. The zero-order valence-corrected chi connectivity index (χ0v) is 13.0. The van der Waals surface area contributed by atoms with E-state index in [0.717, 1.165) is 25.7 Å². The fraction of sp³-hybridized carbons (Fsp3) is 1.00. The minimum atomic E-state index is 0. The minimum absolute atomic E-state index is 0. The molecule has 0 rings (SSSR count). The molecule has 2 heteroatoms. The largest absolute Gasteiger partial charge is 0.381 e. The van der Waals surface area contributed by atoms with Crippen molar-refractivity contribution in [3.63, 3.8) is 0 Å². The van der Waals surface area contributed by atoms with E-state index in [1.807, 2.05) is 0 Å². The van der Waals surface area contributed by atoms with Crippen LogP contribution in [0.3, 0.4) is 0 Å². The van der Waals surface area contributed by atoms with Gasteiger partial charge in [-0.3, -0.25) is 0 Å². The van der Waals surface area contributed by atoms with Gasteiger partial charge in [0.2, 0.25) is 0 Å². The highest BCUT2D eigenvalue weighted by atomic mass is 16.5. The molecule has 0 bridgehead atoms. The third-order valence-electron chi connectivity index (χ3n) is 3.17. The molecular weight excluding hydrogens is 222 g/mol. The summed E-state index contributed by atoms with van der Waals surface area (Å²) < 4.78 is 5.62. The Kier molecular flexibility index (Phi) is 14.9. The summed E-state index contributed by atoms with van der Waals surface area (Å²) in [5.41, 5.74) is 0. The van der Waals surface area contributed by atoms with Gasteiger partial charge in [0.15, 0.2) is 0 Å². The lowest BCUT2D eigenvalue weighted by molar-refractivity contribution is 0.124. The molecule has 0 aromatic rings. The van der Waals surface area contributed by atoms with Crippen LogP contribution in [0.15, 0.2) is 0 Å². The van der Waals surface area contributed by atoms with Gasteiger partial charge in [-0.15, -0.1) is 0 Å².